The summed E-state index contributed by atoms with van der Waals surface area (Å²) in [6.07, 6.45) is 0.0487. The van der Waals surface area contributed by atoms with Crippen molar-refractivity contribution < 1.29 is 23.9 Å². The molecule has 45 heavy (non-hydrogen) atoms. The number of fused-ring (bicyclic) bond motifs is 3. The minimum absolute atomic E-state index is 0.0487. The molecule has 0 radical (unpaired) electrons. The van der Waals surface area contributed by atoms with Gasteiger partial charge in [-0.1, -0.05) is 44.2 Å². The van der Waals surface area contributed by atoms with Gasteiger partial charge in [0, 0.05) is 29.6 Å². The molecule has 2 N–H and O–H groups in total. The van der Waals surface area contributed by atoms with Crippen LogP contribution >= 0.6 is 11.3 Å². The Hall–Kier alpha value is -4.78. The molecule has 1 aliphatic heterocycles. The van der Waals surface area contributed by atoms with Gasteiger partial charge in [-0.25, -0.2) is 14.6 Å². The Morgan fingerprint density at radius 2 is 1.91 bits per heavy atom. The lowest BCUT2D eigenvalue weighted by molar-refractivity contribution is -0.135. The number of hydrogen-bond donors (Lipinski definition) is 2. The van der Waals surface area contributed by atoms with Crippen molar-refractivity contribution in [3.63, 3.8) is 0 Å². The molecule has 2 aromatic heterocycles. The first-order chi connectivity index (χ1) is 21.7. The van der Waals surface area contributed by atoms with E-state index in [2.05, 4.69) is 15.6 Å². The van der Waals surface area contributed by atoms with Gasteiger partial charge in [-0.3, -0.25) is 14.4 Å². The average molecular weight is 632 g/mol. The summed E-state index contributed by atoms with van der Waals surface area (Å²) in [7, 11) is 1.54. The molecule has 0 saturated carbocycles. The number of aryl methyl sites for hydroxylation is 1. The molecule has 12 nitrogen and oxygen atoms in total. The Kier molecular flexibility index (Phi) is 10.1. The zero-order valence-corrected chi connectivity index (χ0v) is 26.6. The molecule has 0 saturated heterocycles. The lowest BCUT2D eigenvalue weighted by Gasteiger charge is -2.26. The maximum Gasteiger partial charge on any atom is 0.251 e. The van der Waals surface area contributed by atoms with Gasteiger partial charge in [0.2, 0.25) is 11.8 Å². The molecular formula is C32H37N7O5S. The van der Waals surface area contributed by atoms with E-state index in [0.717, 1.165) is 10.6 Å². The van der Waals surface area contributed by atoms with Crippen LogP contribution in [0.15, 0.2) is 53.9 Å². The molecule has 2 bridgehead atoms. The summed E-state index contributed by atoms with van der Waals surface area (Å²) in [6, 6.07) is 14.0. The van der Waals surface area contributed by atoms with E-state index in [1.807, 2.05) is 56.5 Å². The van der Waals surface area contributed by atoms with E-state index in [0.29, 0.717) is 40.9 Å². The van der Waals surface area contributed by atoms with E-state index in [4.69, 9.17) is 19.6 Å². The highest BCUT2D eigenvalue weighted by atomic mass is 32.1. The first kappa shape index (κ1) is 31.6. The number of thiazole rings is 1. The van der Waals surface area contributed by atoms with E-state index in [-0.39, 0.29) is 56.3 Å². The maximum atomic E-state index is 13.6. The number of ether oxygens (including phenoxy) is 2. The molecule has 0 unspecified atom stereocenters. The molecule has 4 aromatic rings. The fourth-order valence-corrected chi connectivity index (χ4v) is 5.62. The summed E-state index contributed by atoms with van der Waals surface area (Å²) in [5.41, 5.74) is 1.85. The normalized spacial score (nSPS) is 16.3. The second-order valence-corrected chi connectivity index (χ2v) is 12.1. The van der Waals surface area contributed by atoms with Crippen LogP contribution in [0.1, 0.15) is 46.8 Å². The van der Waals surface area contributed by atoms with E-state index in [9.17, 15) is 14.4 Å². The van der Waals surface area contributed by atoms with Crippen LogP contribution in [-0.2, 0) is 22.6 Å². The second-order valence-electron chi connectivity index (χ2n) is 11.0. The molecule has 13 heteroatoms. The summed E-state index contributed by atoms with van der Waals surface area (Å²) >= 11 is 1.46. The highest BCUT2D eigenvalue weighted by Gasteiger charge is 2.28. The Bertz CT molecular complexity index is 1650. The minimum Gasteiger partial charge on any atom is -0.493 e. The quantitative estimate of drug-likeness (QED) is 0.342. The third-order valence-electron chi connectivity index (χ3n) is 7.33. The predicted molar refractivity (Wildman–Crippen MR) is 169 cm³/mol. The van der Waals surface area contributed by atoms with Crippen molar-refractivity contribution in [1.82, 2.24) is 35.3 Å². The van der Waals surface area contributed by atoms with Crippen molar-refractivity contribution in [2.24, 2.45) is 5.92 Å². The molecule has 3 heterocycles. The van der Waals surface area contributed by atoms with Gasteiger partial charge in [0.05, 0.1) is 43.4 Å². The van der Waals surface area contributed by atoms with E-state index in [1.54, 1.807) is 22.9 Å². The van der Waals surface area contributed by atoms with Crippen LogP contribution in [0.2, 0.25) is 0 Å². The Balaban J connectivity index is 1.50. The van der Waals surface area contributed by atoms with Crippen LogP contribution in [0.3, 0.4) is 0 Å². The number of aromatic nitrogens is 4. The van der Waals surface area contributed by atoms with Gasteiger partial charge in [-0.2, -0.15) is 5.10 Å². The molecule has 236 valence electrons. The highest BCUT2D eigenvalue weighted by Crippen LogP contribution is 2.29. The fraction of sp³-hybridized carbons (Fsp3) is 0.375. The Labute approximate surface area is 265 Å². The molecule has 0 spiro atoms. The van der Waals surface area contributed by atoms with Crippen LogP contribution in [-0.4, -0.2) is 75.7 Å². The number of hydrogen-bond acceptors (Lipinski definition) is 9. The lowest BCUT2D eigenvalue weighted by atomic mass is 10.0. The molecule has 2 aromatic carbocycles. The smallest absolute Gasteiger partial charge is 0.251 e. The van der Waals surface area contributed by atoms with Gasteiger partial charge in [0.25, 0.3) is 5.91 Å². The van der Waals surface area contributed by atoms with E-state index in [1.165, 1.54) is 23.3 Å². The fourth-order valence-electron chi connectivity index (χ4n) is 5.01. The first-order valence-electron chi connectivity index (χ1n) is 14.8. The summed E-state index contributed by atoms with van der Waals surface area (Å²) < 4.78 is 13.3. The van der Waals surface area contributed by atoms with E-state index < -0.39 is 6.04 Å². The molecular weight excluding hydrogens is 594 g/mol. The van der Waals surface area contributed by atoms with E-state index >= 15 is 0 Å². The Morgan fingerprint density at radius 3 is 2.62 bits per heavy atom. The van der Waals surface area contributed by atoms with Gasteiger partial charge in [-0.05, 0) is 31.0 Å². The van der Waals surface area contributed by atoms with Gasteiger partial charge in [0.1, 0.15) is 6.61 Å². The number of rotatable bonds is 5. The predicted octanol–water partition coefficient (Wildman–Crippen LogP) is 3.43. The Morgan fingerprint density at radius 1 is 1.11 bits per heavy atom. The molecule has 0 aliphatic carbocycles. The highest BCUT2D eigenvalue weighted by molar-refractivity contribution is 7.09. The number of amides is 3. The van der Waals surface area contributed by atoms with Crippen LogP contribution in [0.5, 0.6) is 11.5 Å². The zero-order valence-electron chi connectivity index (χ0n) is 25.8. The standard InChI is InChI=1S/C32H37N7O5S/c1-20(2)29-31-36-30(22-8-6-5-7-9-22)37-39(31)14-15-44-26-16-23(10-11-25(26)43-4)32(42)33-12-13-38(18-27(40)35-29)28(41)17-24-19-45-21(3)34-24/h5-11,16,19-20,29H,12-15,17-18H2,1-4H3,(H,33,42)(H,35,40)/t29-/m1/s1. The van der Waals surface area contributed by atoms with Crippen LogP contribution in [0.4, 0.5) is 0 Å². The third-order valence-corrected chi connectivity index (χ3v) is 8.16. The van der Waals surface area contributed by atoms with Crippen LogP contribution in [0.25, 0.3) is 11.4 Å². The molecule has 5 rings (SSSR count). The summed E-state index contributed by atoms with van der Waals surface area (Å²) in [6.45, 7) is 6.43. The monoisotopic (exact) mass is 631 g/mol. The first-order valence-corrected chi connectivity index (χ1v) is 15.7. The zero-order chi connectivity index (χ0) is 31.9. The van der Waals surface area contributed by atoms with Crippen molar-refractivity contribution in [2.45, 2.75) is 39.8 Å². The lowest BCUT2D eigenvalue weighted by Crippen LogP contribution is -2.46. The molecule has 0 fully saturated rings. The average Bonchev–Trinajstić information content (AvgIpc) is 3.64. The minimum atomic E-state index is -0.506. The number of nitrogens with zero attached hydrogens (tertiary/aromatic N) is 5. The van der Waals surface area contributed by atoms with Crippen molar-refractivity contribution in [1.29, 1.82) is 0 Å². The molecule has 1 atom stereocenters. The molecule has 3 amide bonds. The van der Waals surface area contributed by atoms with Gasteiger partial charge < -0.3 is 25.0 Å². The number of nitrogens with one attached hydrogen (secondary N) is 2. The second kappa shape index (κ2) is 14.3. The van der Waals surface area contributed by atoms with Crippen LogP contribution < -0.4 is 20.1 Å². The van der Waals surface area contributed by atoms with Crippen molar-refractivity contribution >= 4 is 29.1 Å². The summed E-state index contributed by atoms with van der Waals surface area (Å²) in [4.78, 5) is 50.8. The van der Waals surface area contributed by atoms with Gasteiger partial charge in [0.15, 0.2) is 23.1 Å². The molecule has 1 aliphatic rings. The maximum absolute atomic E-state index is 13.6. The number of benzene rings is 2. The van der Waals surface area contributed by atoms with Crippen molar-refractivity contribution in [3.05, 3.63) is 76.0 Å². The van der Waals surface area contributed by atoms with Crippen molar-refractivity contribution in [2.75, 3.05) is 33.4 Å². The van der Waals surface area contributed by atoms with Gasteiger partial charge >= 0.3 is 0 Å². The summed E-state index contributed by atoms with van der Waals surface area (Å²) in [5, 5.41) is 13.4. The largest absolute Gasteiger partial charge is 0.493 e. The SMILES string of the molecule is COc1ccc2cc1OCCn1nc(-c3ccccc3)nc1[C@@H](C(C)C)NC(=O)CN(C(=O)Cc1csc(C)n1)CCNC2=O. The third kappa shape index (κ3) is 7.85. The van der Waals surface area contributed by atoms with Gasteiger partial charge in [-0.15, -0.1) is 11.3 Å². The number of carbonyl (C=O) groups excluding carboxylic acids is 3. The topological polar surface area (TPSA) is 141 Å². The number of carbonyl (C=O) groups is 3. The van der Waals surface area contributed by atoms with Crippen molar-refractivity contribution in [3.8, 4) is 22.9 Å². The number of methoxy groups -OCH3 is 1. The summed E-state index contributed by atoms with van der Waals surface area (Å²) in [5.74, 6) is 0.962. The van der Waals surface area contributed by atoms with Crippen LogP contribution in [0, 0.1) is 12.8 Å².